The second-order valence-corrected chi connectivity index (χ2v) is 4.08. The van der Waals surface area contributed by atoms with Gasteiger partial charge in [-0.15, -0.1) is 0 Å². The molecule has 104 valence electrons. The standard InChI is InChI=1S/C13H17FN2O3/c1-2-19-13(17)15-11-5-3-4-10(14)12(11)16-6-8-18-9-7-16/h3-5H,2,6-9H2,1H3,(H,15,17). The van der Waals surface area contributed by atoms with Crippen LogP contribution in [0.3, 0.4) is 0 Å². The Balaban J connectivity index is 2.22. The van der Waals surface area contributed by atoms with Crippen LogP contribution in [0.25, 0.3) is 0 Å². The number of anilines is 2. The molecule has 0 aliphatic carbocycles. The zero-order valence-electron chi connectivity index (χ0n) is 10.8. The fraction of sp³-hybridized carbons (Fsp3) is 0.462. The van der Waals surface area contributed by atoms with Crippen molar-refractivity contribution in [2.24, 2.45) is 0 Å². The average Bonchev–Trinajstić information content (AvgIpc) is 2.40. The Kier molecular flexibility index (Phi) is 4.57. The molecule has 1 N–H and O–H groups in total. The van der Waals surface area contributed by atoms with Crippen molar-refractivity contribution < 1.29 is 18.7 Å². The first kappa shape index (κ1) is 13.6. The minimum Gasteiger partial charge on any atom is -0.450 e. The van der Waals surface area contributed by atoms with Crippen molar-refractivity contribution in [1.29, 1.82) is 0 Å². The first-order chi connectivity index (χ1) is 9.22. The molecule has 0 atom stereocenters. The second kappa shape index (κ2) is 6.38. The van der Waals surface area contributed by atoms with E-state index in [2.05, 4.69) is 5.32 Å². The zero-order chi connectivity index (χ0) is 13.7. The lowest BCUT2D eigenvalue weighted by Crippen LogP contribution is -2.37. The Morgan fingerprint density at radius 1 is 1.47 bits per heavy atom. The minimum atomic E-state index is -0.581. The van der Waals surface area contributed by atoms with E-state index in [-0.39, 0.29) is 12.4 Å². The first-order valence-corrected chi connectivity index (χ1v) is 6.27. The molecule has 5 nitrogen and oxygen atoms in total. The van der Waals surface area contributed by atoms with Crippen LogP contribution in [0.15, 0.2) is 18.2 Å². The number of hydrogen-bond acceptors (Lipinski definition) is 4. The lowest BCUT2D eigenvalue weighted by molar-refractivity contribution is 0.122. The maximum atomic E-state index is 14.0. The fourth-order valence-electron chi connectivity index (χ4n) is 2.00. The van der Waals surface area contributed by atoms with Crippen LogP contribution in [0, 0.1) is 5.82 Å². The number of halogens is 1. The summed E-state index contributed by atoms with van der Waals surface area (Å²) in [7, 11) is 0. The number of carbonyl (C=O) groups is 1. The van der Waals surface area contributed by atoms with E-state index in [0.717, 1.165) is 0 Å². The smallest absolute Gasteiger partial charge is 0.411 e. The summed E-state index contributed by atoms with van der Waals surface area (Å²) in [6.07, 6.45) is -0.581. The van der Waals surface area contributed by atoms with Crippen LogP contribution in [0.1, 0.15) is 6.92 Å². The van der Waals surface area contributed by atoms with Crippen molar-refractivity contribution in [1.82, 2.24) is 0 Å². The third-order valence-corrected chi connectivity index (χ3v) is 2.83. The number of nitrogens with zero attached hydrogens (tertiary/aromatic N) is 1. The number of amides is 1. The summed E-state index contributed by atoms with van der Waals surface area (Å²) >= 11 is 0. The van der Waals surface area contributed by atoms with Crippen molar-refractivity contribution in [2.45, 2.75) is 6.92 Å². The topological polar surface area (TPSA) is 50.8 Å². The van der Waals surface area contributed by atoms with Crippen LogP contribution in [0.2, 0.25) is 0 Å². The fourth-order valence-corrected chi connectivity index (χ4v) is 2.00. The summed E-state index contributed by atoms with van der Waals surface area (Å²) in [5.74, 6) is -0.365. The third kappa shape index (κ3) is 3.35. The highest BCUT2D eigenvalue weighted by Crippen LogP contribution is 2.29. The summed E-state index contributed by atoms with van der Waals surface area (Å²) in [5, 5.41) is 2.57. The molecular formula is C13H17FN2O3. The van der Waals surface area contributed by atoms with Crippen LogP contribution in [-0.2, 0) is 9.47 Å². The summed E-state index contributed by atoms with van der Waals surface area (Å²) < 4.78 is 24.1. The predicted molar refractivity (Wildman–Crippen MR) is 70.1 cm³/mol. The molecule has 2 rings (SSSR count). The molecule has 1 fully saturated rings. The third-order valence-electron chi connectivity index (χ3n) is 2.83. The number of benzene rings is 1. The van der Waals surface area contributed by atoms with Gasteiger partial charge in [-0.1, -0.05) is 6.07 Å². The van der Waals surface area contributed by atoms with E-state index >= 15 is 0 Å². The van der Waals surface area contributed by atoms with E-state index in [0.29, 0.717) is 37.7 Å². The maximum absolute atomic E-state index is 14.0. The van der Waals surface area contributed by atoms with Gasteiger partial charge in [0.15, 0.2) is 0 Å². The Bertz CT molecular complexity index is 448. The maximum Gasteiger partial charge on any atom is 0.411 e. The largest absolute Gasteiger partial charge is 0.450 e. The molecule has 0 spiro atoms. The van der Waals surface area contributed by atoms with Crippen molar-refractivity contribution >= 4 is 17.5 Å². The van der Waals surface area contributed by atoms with Crippen molar-refractivity contribution in [3.05, 3.63) is 24.0 Å². The molecule has 0 aromatic heterocycles. The molecule has 1 aromatic rings. The number of carbonyl (C=O) groups excluding carboxylic acids is 1. The van der Waals surface area contributed by atoms with Gasteiger partial charge in [0.1, 0.15) is 5.82 Å². The number of para-hydroxylation sites is 1. The van der Waals surface area contributed by atoms with Crippen molar-refractivity contribution in [2.75, 3.05) is 43.1 Å². The van der Waals surface area contributed by atoms with Crippen LogP contribution in [0.4, 0.5) is 20.6 Å². The molecule has 0 bridgehead atoms. The van der Waals surface area contributed by atoms with Crippen LogP contribution >= 0.6 is 0 Å². The molecule has 1 aliphatic heterocycles. The Hall–Kier alpha value is -1.82. The van der Waals surface area contributed by atoms with Gasteiger partial charge in [-0.3, -0.25) is 5.32 Å². The number of rotatable bonds is 3. The lowest BCUT2D eigenvalue weighted by atomic mass is 10.2. The lowest BCUT2D eigenvalue weighted by Gasteiger charge is -2.30. The van der Waals surface area contributed by atoms with Gasteiger partial charge in [0.25, 0.3) is 0 Å². The van der Waals surface area contributed by atoms with E-state index in [9.17, 15) is 9.18 Å². The highest BCUT2D eigenvalue weighted by molar-refractivity contribution is 5.89. The van der Waals surface area contributed by atoms with Gasteiger partial charge in [0.2, 0.25) is 0 Å². The summed E-state index contributed by atoms with van der Waals surface area (Å²) in [5.41, 5.74) is 0.805. The van der Waals surface area contributed by atoms with Gasteiger partial charge in [-0.2, -0.15) is 0 Å². The highest BCUT2D eigenvalue weighted by Gasteiger charge is 2.19. The molecule has 1 amide bonds. The monoisotopic (exact) mass is 268 g/mol. The molecule has 1 aliphatic rings. The first-order valence-electron chi connectivity index (χ1n) is 6.27. The van der Waals surface area contributed by atoms with Crippen LogP contribution < -0.4 is 10.2 Å². The highest BCUT2D eigenvalue weighted by atomic mass is 19.1. The van der Waals surface area contributed by atoms with Crippen molar-refractivity contribution in [3.63, 3.8) is 0 Å². The minimum absolute atomic E-state index is 0.272. The van der Waals surface area contributed by atoms with E-state index in [1.165, 1.54) is 6.07 Å². The molecule has 1 saturated heterocycles. The molecule has 0 saturated carbocycles. The summed E-state index contributed by atoms with van der Waals surface area (Å²) in [4.78, 5) is 13.3. The second-order valence-electron chi connectivity index (χ2n) is 4.08. The normalized spacial score (nSPS) is 15.2. The van der Waals surface area contributed by atoms with Gasteiger partial charge in [0.05, 0.1) is 31.2 Å². The number of hydrogen-bond donors (Lipinski definition) is 1. The Morgan fingerprint density at radius 3 is 2.89 bits per heavy atom. The number of ether oxygens (including phenoxy) is 2. The molecule has 0 unspecified atom stereocenters. The SMILES string of the molecule is CCOC(=O)Nc1cccc(F)c1N1CCOCC1. The van der Waals surface area contributed by atoms with E-state index in [1.54, 1.807) is 19.1 Å². The van der Waals surface area contributed by atoms with Gasteiger partial charge in [-0.05, 0) is 19.1 Å². The molecule has 1 heterocycles. The van der Waals surface area contributed by atoms with Crippen LogP contribution in [-0.4, -0.2) is 39.0 Å². The molecule has 6 heteroatoms. The van der Waals surface area contributed by atoms with E-state index < -0.39 is 6.09 Å². The summed E-state index contributed by atoms with van der Waals surface area (Å²) in [6, 6.07) is 4.59. The van der Waals surface area contributed by atoms with Gasteiger partial charge in [0, 0.05) is 13.1 Å². The van der Waals surface area contributed by atoms with E-state index in [1.807, 2.05) is 4.90 Å². The van der Waals surface area contributed by atoms with Gasteiger partial charge < -0.3 is 14.4 Å². The molecule has 1 aromatic carbocycles. The molecular weight excluding hydrogens is 251 g/mol. The molecule has 19 heavy (non-hydrogen) atoms. The predicted octanol–water partition coefficient (Wildman–Crippen LogP) is 2.23. The molecule has 0 radical (unpaired) electrons. The quantitative estimate of drug-likeness (QED) is 0.913. The Morgan fingerprint density at radius 2 is 2.21 bits per heavy atom. The number of nitrogens with one attached hydrogen (secondary N) is 1. The van der Waals surface area contributed by atoms with E-state index in [4.69, 9.17) is 9.47 Å². The van der Waals surface area contributed by atoms with Gasteiger partial charge >= 0.3 is 6.09 Å². The number of morpholine rings is 1. The average molecular weight is 268 g/mol. The van der Waals surface area contributed by atoms with Gasteiger partial charge in [-0.25, -0.2) is 9.18 Å². The zero-order valence-corrected chi connectivity index (χ0v) is 10.8. The van der Waals surface area contributed by atoms with Crippen molar-refractivity contribution in [3.8, 4) is 0 Å². The van der Waals surface area contributed by atoms with Crippen LogP contribution in [0.5, 0.6) is 0 Å². The summed E-state index contributed by atoms with van der Waals surface area (Å²) in [6.45, 7) is 4.28. The Labute approximate surface area is 111 Å².